The number of rotatable bonds is 7. The number of nitrogens with one attached hydrogen (secondary N) is 2. The molecule has 2 rings (SSSR count). The summed E-state index contributed by atoms with van der Waals surface area (Å²) in [6.07, 6.45) is 6.30. The quantitative estimate of drug-likeness (QED) is 0.591. The standard InChI is InChI=1S/C20H21Cl2N5O/c1-3-18(25-12-14-4-5-16(21)17(22)10-14)27-20(28)19(13(2)11-23)26-15-6-8-24-9-7-15/h3-11,25H,12,23H2,1-2H3,(H,27,28)/b13-11-,18-3?,26-19?. The Kier molecular flexibility index (Phi) is 8.04. The zero-order chi connectivity index (χ0) is 20.5. The molecule has 0 saturated carbocycles. The van der Waals surface area contributed by atoms with Crippen molar-refractivity contribution < 1.29 is 4.79 Å². The fourth-order valence-corrected chi connectivity index (χ4v) is 2.51. The van der Waals surface area contributed by atoms with Crippen molar-refractivity contribution in [1.82, 2.24) is 15.6 Å². The van der Waals surface area contributed by atoms with E-state index in [-0.39, 0.29) is 11.6 Å². The Balaban J connectivity index is 2.11. The number of nitrogens with two attached hydrogens (primary N) is 1. The number of aliphatic imine (C=N–C) groups is 1. The van der Waals surface area contributed by atoms with Gasteiger partial charge in [0, 0.05) is 18.9 Å². The van der Waals surface area contributed by atoms with Crippen molar-refractivity contribution in [3.05, 3.63) is 82.0 Å². The van der Waals surface area contributed by atoms with Crippen LogP contribution in [0.4, 0.5) is 5.69 Å². The third-order valence-electron chi connectivity index (χ3n) is 3.75. The smallest absolute Gasteiger partial charge is 0.275 e. The van der Waals surface area contributed by atoms with Crippen LogP contribution < -0.4 is 16.4 Å². The van der Waals surface area contributed by atoms with Crippen LogP contribution in [0.15, 0.2) is 71.4 Å². The minimum Gasteiger partial charge on any atom is -0.404 e. The summed E-state index contributed by atoms with van der Waals surface area (Å²) in [5.41, 5.74) is 7.89. The minimum atomic E-state index is -0.384. The Bertz CT molecular complexity index is 923. The van der Waals surface area contributed by atoms with Gasteiger partial charge in [-0.2, -0.15) is 0 Å². The van der Waals surface area contributed by atoms with Gasteiger partial charge in [-0.3, -0.25) is 9.78 Å². The number of halogens is 2. The Morgan fingerprint density at radius 2 is 1.93 bits per heavy atom. The van der Waals surface area contributed by atoms with E-state index < -0.39 is 0 Å². The van der Waals surface area contributed by atoms with Crippen LogP contribution in [0.1, 0.15) is 19.4 Å². The van der Waals surface area contributed by atoms with Gasteiger partial charge in [-0.25, -0.2) is 4.99 Å². The molecule has 0 atom stereocenters. The molecule has 1 heterocycles. The van der Waals surface area contributed by atoms with E-state index >= 15 is 0 Å². The van der Waals surface area contributed by atoms with Crippen molar-refractivity contribution in [3.63, 3.8) is 0 Å². The second-order valence-corrected chi connectivity index (χ2v) is 6.59. The summed E-state index contributed by atoms with van der Waals surface area (Å²) in [7, 11) is 0. The molecule has 8 heteroatoms. The maximum atomic E-state index is 12.8. The van der Waals surface area contributed by atoms with Gasteiger partial charge in [-0.1, -0.05) is 29.3 Å². The fourth-order valence-electron chi connectivity index (χ4n) is 2.19. The first kappa shape index (κ1) is 21.5. The lowest BCUT2D eigenvalue weighted by Crippen LogP contribution is -2.36. The molecule has 1 amide bonds. The van der Waals surface area contributed by atoms with Gasteiger partial charge >= 0.3 is 0 Å². The Hall–Kier alpha value is -2.83. The lowest BCUT2D eigenvalue weighted by atomic mass is 10.1. The highest BCUT2D eigenvalue weighted by Gasteiger charge is 2.15. The fraction of sp³-hybridized carbons (Fsp3) is 0.150. The van der Waals surface area contributed by atoms with Crippen molar-refractivity contribution in [2.75, 3.05) is 0 Å². The van der Waals surface area contributed by atoms with Crippen molar-refractivity contribution in [3.8, 4) is 0 Å². The van der Waals surface area contributed by atoms with Crippen molar-refractivity contribution >= 4 is 40.5 Å². The average Bonchev–Trinajstić information content (AvgIpc) is 2.71. The maximum absolute atomic E-state index is 12.8. The summed E-state index contributed by atoms with van der Waals surface area (Å²) in [4.78, 5) is 21.1. The van der Waals surface area contributed by atoms with E-state index in [0.29, 0.717) is 33.7 Å². The lowest BCUT2D eigenvalue weighted by Gasteiger charge is -2.14. The SMILES string of the molecule is CC=C(NCc1ccc(Cl)c(Cl)c1)NC(=O)C(=Nc1ccncc1)/C(C)=C\N. The topological polar surface area (TPSA) is 92.4 Å². The van der Waals surface area contributed by atoms with Crippen LogP contribution in [0.2, 0.25) is 10.0 Å². The number of nitrogens with zero attached hydrogens (tertiary/aromatic N) is 2. The largest absolute Gasteiger partial charge is 0.404 e. The van der Waals surface area contributed by atoms with Crippen LogP contribution in [0.25, 0.3) is 0 Å². The average molecular weight is 418 g/mol. The third kappa shape index (κ3) is 6.11. The molecule has 0 spiro atoms. The molecule has 2 aromatic rings. The molecule has 0 fully saturated rings. The number of benzene rings is 1. The summed E-state index contributed by atoms with van der Waals surface area (Å²) >= 11 is 12.0. The number of hydrogen-bond acceptors (Lipinski definition) is 5. The molecule has 0 unspecified atom stereocenters. The van der Waals surface area contributed by atoms with Crippen molar-refractivity contribution in [1.29, 1.82) is 0 Å². The van der Waals surface area contributed by atoms with Gasteiger partial charge in [0.1, 0.15) is 11.5 Å². The summed E-state index contributed by atoms with van der Waals surface area (Å²) in [5.74, 6) is 0.147. The van der Waals surface area contributed by atoms with Gasteiger partial charge in [0.2, 0.25) is 0 Å². The number of amides is 1. The molecule has 0 aliphatic heterocycles. The van der Waals surface area contributed by atoms with Gasteiger partial charge in [-0.15, -0.1) is 0 Å². The van der Waals surface area contributed by atoms with Crippen LogP contribution in [0.5, 0.6) is 0 Å². The van der Waals surface area contributed by atoms with Crippen LogP contribution in [-0.4, -0.2) is 16.6 Å². The van der Waals surface area contributed by atoms with Crippen LogP contribution in [0.3, 0.4) is 0 Å². The van der Waals surface area contributed by atoms with Gasteiger partial charge in [0.15, 0.2) is 0 Å². The first-order valence-electron chi connectivity index (χ1n) is 8.47. The summed E-state index contributed by atoms with van der Waals surface area (Å²) in [6, 6.07) is 8.76. The zero-order valence-corrected chi connectivity index (χ0v) is 17.1. The van der Waals surface area contributed by atoms with E-state index in [1.165, 1.54) is 6.20 Å². The van der Waals surface area contributed by atoms with Crippen molar-refractivity contribution in [2.45, 2.75) is 20.4 Å². The Morgan fingerprint density at radius 3 is 2.54 bits per heavy atom. The van der Waals surface area contributed by atoms with E-state index in [0.717, 1.165) is 5.56 Å². The molecule has 0 saturated heterocycles. The number of aromatic nitrogens is 1. The minimum absolute atomic E-state index is 0.212. The molecule has 0 aliphatic rings. The Morgan fingerprint density at radius 1 is 1.21 bits per heavy atom. The molecule has 4 N–H and O–H groups in total. The number of hydrogen-bond donors (Lipinski definition) is 3. The zero-order valence-electron chi connectivity index (χ0n) is 15.5. The monoisotopic (exact) mass is 417 g/mol. The number of pyridine rings is 1. The molecule has 6 nitrogen and oxygen atoms in total. The molecule has 0 aliphatic carbocycles. The first-order valence-corrected chi connectivity index (χ1v) is 9.23. The second-order valence-electron chi connectivity index (χ2n) is 5.77. The first-order chi connectivity index (χ1) is 13.4. The van der Waals surface area contributed by atoms with Gasteiger partial charge < -0.3 is 16.4 Å². The summed E-state index contributed by atoms with van der Waals surface area (Å²) in [5, 5.41) is 6.92. The number of carbonyl (C=O) groups is 1. The number of allylic oxidation sites excluding steroid dienone is 1. The van der Waals surface area contributed by atoms with E-state index in [2.05, 4.69) is 20.6 Å². The highest BCUT2D eigenvalue weighted by molar-refractivity contribution is 6.45. The maximum Gasteiger partial charge on any atom is 0.275 e. The molecule has 0 radical (unpaired) electrons. The van der Waals surface area contributed by atoms with Gasteiger partial charge in [0.25, 0.3) is 5.91 Å². The number of carbonyl (C=O) groups excluding carboxylic acids is 1. The molecule has 1 aromatic carbocycles. The van der Waals surface area contributed by atoms with Gasteiger partial charge in [0.05, 0.1) is 15.7 Å². The third-order valence-corrected chi connectivity index (χ3v) is 4.49. The summed E-state index contributed by atoms with van der Waals surface area (Å²) in [6.45, 7) is 3.99. The molecular formula is C20H21Cl2N5O. The van der Waals surface area contributed by atoms with E-state index in [4.69, 9.17) is 28.9 Å². The van der Waals surface area contributed by atoms with E-state index in [1.807, 2.05) is 13.0 Å². The molecule has 0 bridgehead atoms. The highest BCUT2D eigenvalue weighted by Crippen LogP contribution is 2.22. The second kappa shape index (κ2) is 10.5. The van der Waals surface area contributed by atoms with Crippen LogP contribution >= 0.6 is 23.2 Å². The predicted octanol–water partition coefficient (Wildman–Crippen LogP) is 4.09. The van der Waals surface area contributed by atoms with Crippen LogP contribution in [-0.2, 0) is 11.3 Å². The molecule has 146 valence electrons. The normalized spacial score (nSPS) is 12.6. The predicted molar refractivity (Wildman–Crippen MR) is 114 cm³/mol. The molecule has 1 aromatic heterocycles. The summed E-state index contributed by atoms with van der Waals surface area (Å²) < 4.78 is 0. The molecular weight excluding hydrogens is 397 g/mol. The van der Waals surface area contributed by atoms with E-state index in [1.54, 1.807) is 49.7 Å². The molecule has 28 heavy (non-hydrogen) atoms. The highest BCUT2D eigenvalue weighted by atomic mass is 35.5. The van der Waals surface area contributed by atoms with Crippen LogP contribution in [0, 0.1) is 0 Å². The van der Waals surface area contributed by atoms with E-state index in [9.17, 15) is 4.79 Å². The Labute approximate surface area is 174 Å². The van der Waals surface area contributed by atoms with Crippen molar-refractivity contribution in [2.24, 2.45) is 10.7 Å². The lowest BCUT2D eigenvalue weighted by molar-refractivity contribution is -0.114. The van der Waals surface area contributed by atoms with Gasteiger partial charge in [-0.05, 0) is 61.5 Å².